The van der Waals surface area contributed by atoms with E-state index >= 15 is 0 Å². The van der Waals surface area contributed by atoms with E-state index in [1.54, 1.807) is 18.0 Å². The molecule has 84 valence electrons. The predicted molar refractivity (Wildman–Crippen MR) is 62.8 cm³/mol. The van der Waals surface area contributed by atoms with Crippen molar-refractivity contribution in [3.63, 3.8) is 0 Å². The normalized spacial score (nSPS) is 10.2. The van der Waals surface area contributed by atoms with Crippen molar-refractivity contribution in [2.75, 3.05) is 11.5 Å². The van der Waals surface area contributed by atoms with Crippen LogP contribution in [0.4, 0.5) is 0 Å². The Morgan fingerprint density at radius 2 is 2.47 bits per heavy atom. The first-order valence-electron chi connectivity index (χ1n) is 5.19. The van der Waals surface area contributed by atoms with E-state index in [4.69, 9.17) is 4.42 Å². The van der Waals surface area contributed by atoms with Crippen molar-refractivity contribution in [3.05, 3.63) is 24.2 Å². The number of nitrogens with one attached hydrogen (secondary N) is 1. The Bertz CT molecular complexity index is 272. The molecule has 0 aliphatic heterocycles. The molecule has 1 heterocycles. The molecule has 0 unspecified atom stereocenters. The lowest BCUT2D eigenvalue weighted by atomic mass is 10.4. The van der Waals surface area contributed by atoms with Crippen LogP contribution >= 0.6 is 11.8 Å². The van der Waals surface area contributed by atoms with Crippen molar-refractivity contribution < 1.29 is 9.21 Å². The number of hydrogen-bond acceptors (Lipinski definition) is 3. The van der Waals surface area contributed by atoms with Gasteiger partial charge < -0.3 is 9.73 Å². The van der Waals surface area contributed by atoms with Crippen molar-refractivity contribution in [2.45, 2.75) is 26.3 Å². The van der Waals surface area contributed by atoms with Crippen LogP contribution in [0.5, 0.6) is 0 Å². The average Bonchev–Trinajstić information content (AvgIpc) is 2.74. The van der Waals surface area contributed by atoms with Gasteiger partial charge >= 0.3 is 0 Å². The third kappa shape index (κ3) is 5.52. The van der Waals surface area contributed by atoms with E-state index in [1.807, 2.05) is 12.1 Å². The maximum atomic E-state index is 11.3. The van der Waals surface area contributed by atoms with E-state index in [0.29, 0.717) is 12.3 Å². The molecule has 0 saturated carbocycles. The number of furan rings is 1. The molecular weight excluding hydrogens is 210 g/mol. The van der Waals surface area contributed by atoms with Crippen molar-refractivity contribution in [1.82, 2.24) is 5.32 Å². The fraction of sp³-hybridized carbons (Fsp3) is 0.545. The molecule has 0 aliphatic carbocycles. The van der Waals surface area contributed by atoms with E-state index in [9.17, 15) is 4.79 Å². The third-order valence-electron chi connectivity index (χ3n) is 1.92. The van der Waals surface area contributed by atoms with Crippen LogP contribution < -0.4 is 5.32 Å². The van der Waals surface area contributed by atoms with E-state index in [-0.39, 0.29) is 5.91 Å². The zero-order valence-corrected chi connectivity index (χ0v) is 9.81. The molecule has 1 rings (SSSR count). The molecule has 1 aromatic rings. The fourth-order valence-electron chi connectivity index (χ4n) is 1.06. The van der Waals surface area contributed by atoms with Gasteiger partial charge in [0.1, 0.15) is 5.76 Å². The summed E-state index contributed by atoms with van der Waals surface area (Å²) in [6.45, 7) is 2.64. The van der Waals surface area contributed by atoms with Crippen molar-refractivity contribution in [3.8, 4) is 0 Å². The Labute approximate surface area is 94.6 Å². The summed E-state index contributed by atoms with van der Waals surface area (Å²) in [7, 11) is 0. The quantitative estimate of drug-likeness (QED) is 0.727. The summed E-state index contributed by atoms with van der Waals surface area (Å²) in [6, 6.07) is 3.67. The van der Waals surface area contributed by atoms with Crippen LogP contribution in [-0.2, 0) is 11.3 Å². The highest BCUT2D eigenvalue weighted by Gasteiger charge is 2.02. The second-order valence-corrected chi connectivity index (χ2v) is 4.37. The van der Waals surface area contributed by atoms with Gasteiger partial charge in [-0.2, -0.15) is 11.8 Å². The maximum Gasteiger partial charge on any atom is 0.230 e. The molecule has 0 radical (unpaired) electrons. The molecule has 1 amide bonds. The maximum absolute atomic E-state index is 11.3. The van der Waals surface area contributed by atoms with Crippen LogP contribution in [0.2, 0.25) is 0 Å². The van der Waals surface area contributed by atoms with E-state index in [0.717, 1.165) is 11.5 Å². The Balaban J connectivity index is 2.04. The second kappa shape index (κ2) is 7.40. The number of carbonyl (C=O) groups excluding carboxylic acids is 1. The minimum Gasteiger partial charge on any atom is -0.467 e. The highest BCUT2D eigenvalue weighted by atomic mass is 32.2. The molecule has 15 heavy (non-hydrogen) atoms. The molecule has 0 saturated heterocycles. The molecule has 1 aromatic heterocycles. The lowest BCUT2D eigenvalue weighted by molar-refractivity contribution is -0.118. The number of hydrogen-bond donors (Lipinski definition) is 1. The van der Waals surface area contributed by atoms with Crippen LogP contribution in [0.15, 0.2) is 22.8 Å². The van der Waals surface area contributed by atoms with Crippen LogP contribution in [0, 0.1) is 0 Å². The minimum absolute atomic E-state index is 0.0764. The minimum atomic E-state index is 0.0764. The SMILES string of the molecule is CCCCSCC(=O)NCc1ccco1. The van der Waals surface area contributed by atoms with E-state index in [1.165, 1.54) is 12.8 Å². The van der Waals surface area contributed by atoms with Crippen molar-refractivity contribution in [1.29, 1.82) is 0 Å². The van der Waals surface area contributed by atoms with Crippen LogP contribution in [-0.4, -0.2) is 17.4 Å². The van der Waals surface area contributed by atoms with Gasteiger partial charge in [0.05, 0.1) is 18.6 Å². The van der Waals surface area contributed by atoms with Gasteiger partial charge in [0.2, 0.25) is 5.91 Å². The van der Waals surface area contributed by atoms with Crippen molar-refractivity contribution in [2.24, 2.45) is 0 Å². The summed E-state index contributed by atoms with van der Waals surface area (Å²) < 4.78 is 5.11. The number of rotatable bonds is 7. The lowest BCUT2D eigenvalue weighted by Crippen LogP contribution is -2.24. The predicted octanol–water partition coefficient (Wildman–Crippen LogP) is 2.43. The van der Waals surface area contributed by atoms with Crippen LogP contribution in [0.1, 0.15) is 25.5 Å². The number of carbonyl (C=O) groups is 1. The molecular formula is C11H17NO2S. The molecule has 0 aliphatic rings. The highest BCUT2D eigenvalue weighted by Crippen LogP contribution is 2.04. The summed E-state index contributed by atoms with van der Waals surface area (Å²) in [5.41, 5.74) is 0. The third-order valence-corrected chi connectivity index (χ3v) is 2.96. The van der Waals surface area contributed by atoms with Gasteiger partial charge in [-0.05, 0) is 24.3 Å². The first-order chi connectivity index (χ1) is 7.33. The number of thioether (sulfide) groups is 1. The number of amides is 1. The molecule has 0 atom stereocenters. The fourth-order valence-corrected chi connectivity index (χ4v) is 1.99. The van der Waals surface area contributed by atoms with Gasteiger partial charge in [0, 0.05) is 0 Å². The molecule has 0 fully saturated rings. The first-order valence-corrected chi connectivity index (χ1v) is 6.35. The van der Waals surface area contributed by atoms with E-state index < -0.39 is 0 Å². The Morgan fingerprint density at radius 1 is 1.60 bits per heavy atom. The Morgan fingerprint density at radius 3 is 3.13 bits per heavy atom. The lowest BCUT2D eigenvalue weighted by Gasteiger charge is -2.02. The topological polar surface area (TPSA) is 42.2 Å². The van der Waals surface area contributed by atoms with E-state index in [2.05, 4.69) is 12.2 Å². The summed E-state index contributed by atoms with van der Waals surface area (Å²) in [5.74, 6) is 2.47. The largest absolute Gasteiger partial charge is 0.467 e. The number of unbranched alkanes of at least 4 members (excludes halogenated alkanes) is 1. The second-order valence-electron chi connectivity index (χ2n) is 3.26. The summed E-state index contributed by atoms with van der Waals surface area (Å²) in [6.07, 6.45) is 3.97. The smallest absolute Gasteiger partial charge is 0.230 e. The van der Waals surface area contributed by atoms with Gasteiger partial charge in [-0.15, -0.1) is 0 Å². The average molecular weight is 227 g/mol. The van der Waals surface area contributed by atoms with Gasteiger partial charge in [0.25, 0.3) is 0 Å². The molecule has 1 N–H and O–H groups in total. The standard InChI is InChI=1S/C11H17NO2S/c1-2-3-7-15-9-11(13)12-8-10-5-4-6-14-10/h4-6H,2-3,7-9H2,1H3,(H,12,13). The monoisotopic (exact) mass is 227 g/mol. The molecule has 0 spiro atoms. The summed E-state index contributed by atoms with van der Waals surface area (Å²) >= 11 is 1.68. The molecule has 0 aromatic carbocycles. The zero-order chi connectivity index (χ0) is 10.9. The summed E-state index contributed by atoms with van der Waals surface area (Å²) in [5, 5.41) is 2.81. The zero-order valence-electron chi connectivity index (χ0n) is 8.99. The van der Waals surface area contributed by atoms with Gasteiger partial charge in [-0.3, -0.25) is 4.79 Å². The first kappa shape index (κ1) is 12.2. The molecule has 4 heteroatoms. The highest BCUT2D eigenvalue weighted by molar-refractivity contribution is 7.99. The van der Waals surface area contributed by atoms with Gasteiger partial charge in [-0.25, -0.2) is 0 Å². The molecule has 0 bridgehead atoms. The van der Waals surface area contributed by atoms with Crippen molar-refractivity contribution >= 4 is 17.7 Å². The Hall–Kier alpha value is -0.900. The summed E-state index contributed by atoms with van der Waals surface area (Å²) in [4.78, 5) is 11.3. The van der Waals surface area contributed by atoms with Gasteiger partial charge in [0.15, 0.2) is 0 Å². The van der Waals surface area contributed by atoms with Gasteiger partial charge in [-0.1, -0.05) is 13.3 Å². The Kier molecular flexibility index (Phi) is 6.00. The van der Waals surface area contributed by atoms with Crippen LogP contribution in [0.25, 0.3) is 0 Å². The van der Waals surface area contributed by atoms with Crippen LogP contribution in [0.3, 0.4) is 0 Å². The molecule has 3 nitrogen and oxygen atoms in total.